The molecule has 0 amide bonds. The number of halogens is 1. The normalized spacial score (nSPS) is 10.8. The monoisotopic (exact) mass is 380 g/mol. The third-order valence-electron chi connectivity index (χ3n) is 3.98. The molecule has 3 rings (SSSR count). The van der Waals surface area contributed by atoms with E-state index in [0.29, 0.717) is 17.4 Å². The summed E-state index contributed by atoms with van der Waals surface area (Å²) in [6, 6.07) is 21.5. The molecule has 4 nitrogen and oxygen atoms in total. The fraction of sp³-hybridized carbons (Fsp3) is 0.136. The smallest absolute Gasteiger partial charge is 0.137 e. The van der Waals surface area contributed by atoms with Crippen LogP contribution >= 0.6 is 11.6 Å². The molecule has 0 heterocycles. The highest BCUT2D eigenvalue weighted by Crippen LogP contribution is 2.27. The van der Waals surface area contributed by atoms with Crippen molar-refractivity contribution in [1.29, 1.82) is 0 Å². The van der Waals surface area contributed by atoms with Crippen LogP contribution in [0.4, 0.5) is 5.69 Å². The summed E-state index contributed by atoms with van der Waals surface area (Å²) in [5.41, 5.74) is 6.98. The molecule has 0 atom stereocenters. The number of methoxy groups -OCH3 is 1. The van der Waals surface area contributed by atoms with Gasteiger partial charge in [-0.15, -0.1) is 0 Å². The Morgan fingerprint density at radius 2 is 1.78 bits per heavy atom. The van der Waals surface area contributed by atoms with E-state index in [1.54, 1.807) is 25.5 Å². The Morgan fingerprint density at radius 1 is 1.00 bits per heavy atom. The van der Waals surface area contributed by atoms with Crippen LogP contribution in [0.1, 0.15) is 16.7 Å². The van der Waals surface area contributed by atoms with Gasteiger partial charge in [-0.25, -0.2) is 0 Å². The zero-order valence-electron chi connectivity index (χ0n) is 15.3. The Balaban J connectivity index is 1.65. The minimum atomic E-state index is 0.507. The van der Waals surface area contributed by atoms with Crippen LogP contribution < -0.4 is 14.9 Å². The molecule has 27 heavy (non-hydrogen) atoms. The third-order valence-corrected chi connectivity index (χ3v) is 4.28. The van der Waals surface area contributed by atoms with E-state index in [4.69, 9.17) is 21.1 Å². The van der Waals surface area contributed by atoms with Crippen LogP contribution in [-0.2, 0) is 6.61 Å². The summed E-state index contributed by atoms with van der Waals surface area (Å²) in [6.07, 6.45) is 1.72. The predicted octanol–water partition coefficient (Wildman–Crippen LogP) is 5.68. The van der Waals surface area contributed by atoms with Gasteiger partial charge in [0.25, 0.3) is 0 Å². The first-order chi connectivity index (χ1) is 13.2. The molecule has 0 fully saturated rings. The Hall–Kier alpha value is -2.98. The summed E-state index contributed by atoms with van der Waals surface area (Å²) >= 11 is 6.12. The molecule has 0 bridgehead atoms. The number of rotatable bonds is 7. The lowest BCUT2D eigenvalue weighted by atomic mass is 10.1. The molecule has 0 unspecified atom stereocenters. The van der Waals surface area contributed by atoms with Gasteiger partial charge in [0.05, 0.1) is 24.0 Å². The van der Waals surface area contributed by atoms with Crippen LogP contribution in [0.25, 0.3) is 0 Å². The molecule has 3 aromatic carbocycles. The number of anilines is 1. The van der Waals surface area contributed by atoms with Crippen LogP contribution in [0.5, 0.6) is 11.5 Å². The van der Waals surface area contributed by atoms with Crippen molar-refractivity contribution in [3.8, 4) is 11.5 Å². The average Bonchev–Trinajstić information content (AvgIpc) is 2.68. The van der Waals surface area contributed by atoms with Gasteiger partial charge >= 0.3 is 0 Å². The Labute approximate surface area is 164 Å². The summed E-state index contributed by atoms with van der Waals surface area (Å²) in [5, 5.41) is 4.81. The quantitative estimate of drug-likeness (QED) is 0.423. The van der Waals surface area contributed by atoms with E-state index in [1.807, 2.05) is 30.3 Å². The molecule has 5 heteroatoms. The second-order valence-electron chi connectivity index (χ2n) is 6.03. The molecule has 0 aromatic heterocycles. The molecule has 138 valence electrons. The highest BCUT2D eigenvalue weighted by Gasteiger charge is 2.03. The highest BCUT2D eigenvalue weighted by atomic mass is 35.5. The molecule has 0 aliphatic carbocycles. The van der Waals surface area contributed by atoms with E-state index in [9.17, 15) is 0 Å². The molecule has 1 N–H and O–H groups in total. The minimum Gasteiger partial charge on any atom is -0.495 e. The standard InChI is InChI=1S/C22H21ClN2O2/c1-16-7-9-17(10-8-16)15-27-21-6-4-3-5-18(21)14-24-25-19-11-12-22(26-2)20(23)13-19/h3-14,25H,15H2,1-2H3/b24-14+. The van der Waals surface area contributed by atoms with Crippen LogP contribution in [-0.4, -0.2) is 13.3 Å². The number of nitrogens with one attached hydrogen (secondary N) is 1. The van der Waals surface area contributed by atoms with E-state index in [-0.39, 0.29) is 0 Å². The van der Waals surface area contributed by atoms with Crippen molar-refractivity contribution in [3.63, 3.8) is 0 Å². The van der Waals surface area contributed by atoms with Gasteiger partial charge in [0, 0.05) is 5.56 Å². The second kappa shape index (κ2) is 9.10. The minimum absolute atomic E-state index is 0.507. The average molecular weight is 381 g/mol. The van der Waals surface area contributed by atoms with E-state index < -0.39 is 0 Å². The molecular formula is C22H21ClN2O2. The van der Waals surface area contributed by atoms with Crippen molar-refractivity contribution in [2.24, 2.45) is 5.10 Å². The number of ether oxygens (including phenoxy) is 2. The first-order valence-corrected chi connectivity index (χ1v) is 8.93. The fourth-order valence-corrected chi connectivity index (χ4v) is 2.73. The fourth-order valence-electron chi connectivity index (χ4n) is 2.48. The lowest BCUT2D eigenvalue weighted by molar-refractivity contribution is 0.306. The number of nitrogens with zero attached hydrogens (tertiary/aromatic N) is 1. The predicted molar refractivity (Wildman–Crippen MR) is 111 cm³/mol. The van der Waals surface area contributed by atoms with E-state index in [1.165, 1.54) is 5.56 Å². The van der Waals surface area contributed by atoms with Crippen molar-refractivity contribution in [1.82, 2.24) is 0 Å². The lowest BCUT2D eigenvalue weighted by Gasteiger charge is -2.09. The first-order valence-electron chi connectivity index (χ1n) is 8.55. The number of hydrogen-bond acceptors (Lipinski definition) is 4. The molecular weight excluding hydrogens is 360 g/mol. The van der Waals surface area contributed by atoms with Crippen molar-refractivity contribution < 1.29 is 9.47 Å². The number of benzene rings is 3. The molecule has 0 saturated carbocycles. The lowest BCUT2D eigenvalue weighted by Crippen LogP contribution is -1.99. The molecule has 0 radical (unpaired) electrons. The van der Waals surface area contributed by atoms with Crippen LogP contribution in [0.15, 0.2) is 71.8 Å². The Morgan fingerprint density at radius 3 is 2.52 bits per heavy atom. The van der Waals surface area contributed by atoms with Gasteiger partial charge in [0.2, 0.25) is 0 Å². The molecule has 0 aliphatic heterocycles. The SMILES string of the molecule is COc1ccc(N/N=C/c2ccccc2OCc2ccc(C)cc2)cc1Cl. The van der Waals surface area contributed by atoms with Gasteiger partial charge in [0.1, 0.15) is 18.1 Å². The van der Waals surface area contributed by atoms with Gasteiger partial charge in [-0.2, -0.15) is 5.10 Å². The molecule has 0 spiro atoms. The van der Waals surface area contributed by atoms with Crippen molar-refractivity contribution in [3.05, 3.63) is 88.4 Å². The van der Waals surface area contributed by atoms with Gasteiger partial charge in [-0.1, -0.05) is 53.6 Å². The summed E-state index contributed by atoms with van der Waals surface area (Å²) in [5.74, 6) is 1.40. The van der Waals surface area contributed by atoms with Crippen LogP contribution in [0, 0.1) is 6.92 Å². The number of hydrazone groups is 1. The zero-order valence-corrected chi connectivity index (χ0v) is 16.0. The number of para-hydroxylation sites is 1. The largest absolute Gasteiger partial charge is 0.495 e. The van der Waals surface area contributed by atoms with Crippen LogP contribution in [0.2, 0.25) is 5.02 Å². The Kier molecular flexibility index (Phi) is 6.34. The van der Waals surface area contributed by atoms with Gasteiger partial charge < -0.3 is 9.47 Å². The van der Waals surface area contributed by atoms with Crippen molar-refractivity contribution >= 4 is 23.5 Å². The summed E-state index contributed by atoms with van der Waals surface area (Å²) in [7, 11) is 1.58. The maximum absolute atomic E-state index is 6.12. The number of aryl methyl sites for hydroxylation is 1. The van der Waals surface area contributed by atoms with Crippen LogP contribution in [0.3, 0.4) is 0 Å². The Bertz CT molecular complexity index is 924. The summed E-state index contributed by atoms with van der Waals surface area (Å²) < 4.78 is 11.1. The van der Waals surface area contributed by atoms with Crippen molar-refractivity contribution in [2.75, 3.05) is 12.5 Å². The molecule has 3 aromatic rings. The topological polar surface area (TPSA) is 42.8 Å². The second-order valence-corrected chi connectivity index (χ2v) is 6.44. The van der Waals surface area contributed by atoms with E-state index >= 15 is 0 Å². The maximum atomic E-state index is 6.12. The van der Waals surface area contributed by atoms with Gasteiger partial charge in [0.15, 0.2) is 0 Å². The molecule has 0 aliphatic rings. The van der Waals surface area contributed by atoms with E-state index in [0.717, 1.165) is 22.6 Å². The maximum Gasteiger partial charge on any atom is 0.137 e. The van der Waals surface area contributed by atoms with E-state index in [2.05, 4.69) is 41.7 Å². The third kappa shape index (κ3) is 5.25. The van der Waals surface area contributed by atoms with Gasteiger partial charge in [-0.05, 0) is 42.8 Å². The van der Waals surface area contributed by atoms with Gasteiger partial charge in [-0.3, -0.25) is 5.43 Å². The molecule has 0 saturated heterocycles. The summed E-state index contributed by atoms with van der Waals surface area (Å²) in [6.45, 7) is 2.58. The first kappa shape index (κ1) is 18.8. The number of hydrogen-bond donors (Lipinski definition) is 1. The highest BCUT2D eigenvalue weighted by molar-refractivity contribution is 6.32. The zero-order chi connectivity index (χ0) is 19.1. The summed E-state index contributed by atoms with van der Waals surface area (Å²) in [4.78, 5) is 0. The van der Waals surface area contributed by atoms with Crippen molar-refractivity contribution in [2.45, 2.75) is 13.5 Å².